The number of imidazole rings is 1. The van der Waals surface area contributed by atoms with E-state index in [1.807, 2.05) is 17.7 Å². The van der Waals surface area contributed by atoms with Crippen LogP contribution in [0.1, 0.15) is 6.92 Å². The molecule has 3 nitrogen and oxygen atoms in total. The Hall–Kier alpha value is -0.960. The zero-order chi connectivity index (χ0) is 8.27. The Balaban J connectivity index is 2.72. The maximum Gasteiger partial charge on any atom is 0.200 e. The zero-order valence-corrected chi connectivity index (χ0v) is 7.04. The normalized spacial score (nSPS) is 12.0. The summed E-state index contributed by atoms with van der Waals surface area (Å²) < 4.78 is 1.83. The number of hydrogen-bond acceptors (Lipinski definition) is 2. The van der Waals surface area contributed by atoms with Crippen LogP contribution in [0.15, 0.2) is 23.5 Å². The van der Waals surface area contributed by atoms with Crippen molar-refractivity contribution in [3.63, 3.8) is 0 Å². The predicted octanol–water partition coefficient (Wildman–Crippen LogP) is 1.61. The highest BCUT2D eigenvalue weighted by molar-refractivity contribution is 6.25. The van der Waals surface area contributed by atoms with Gasteiger partial charge in [-0.25, -0.2) is 4.98 Å². The second-order valence-corrected chi connectivity index (χ2v) is 2.59. The number of halogens is 1. The van der Waals surface area contributed by atoms with Crippen LogP contribution in [0.3, 0.4) is 0 Å². The summed E-state index contributed by atoms with van der Waals surface area (Å²) in [5.74, 6) is 0.517. The molecule has 0 aliphatic heterocycles. The number of allylic oxidation sites excluding steroid dienone is 1. The lowest BCUT2D eigenvalue weighted by Crippen LogP contribution is -2.02. The fourth-order valence-corrected chi connectivity index (χ4v) is 0.847. The van der Waals surface area contributed by atoms with Crippen LogP contribution in [0.2, 0.25) is 0 Å². The van der Waals surface area contributed by atoms with Gasteiger partial charge in [0.05, 0.1) is 0 Å². The van der Waals surface area contributed by atoms with Crippen molar-refractivity contribution < 1.29 is 0 Å². The van der Waals surface area contributed by atoms with Gasteiger partial charge in [-0.15, -0.1) is 0 Å². The van der Waals surface area contributed by atoms with Gasteiger partial charge in [0.25, 0.3) is 0 Å². The van der Waals surface area contributed by atoms with Gasteiger partial charge in [-0.2, -0.15) is 0 Å². The van der Waals surface area contributed by atoms with Gasteiger partial charge in [-0.05, 0) is 12.5 Å². The smallest absolute Gasteiger partial charge is 0.200 e. The van der Waals surface area contributed by atoms with Crippen molar-refractivity contribution in [2.24, 2.45) is 0 Å². The predicted molar refractivity (Wildman–Crippen MR) is 46.2 cm³/mol. The summed E-state index contributed by atoms with van der Waals surface area (Å²) in [7, 11) is 0. The van der Waals surface area contributed by atoms with Crippen LogP contribution >= 0.6 is 11.6 Å². The molecule has 0 atom stereocenters. The number of nitrogens with zero attached hydrogens (tertiary/aromatic N) is 2. The van der Waals surface area contributed by atoms with Crippen molar-refractivity contribution in [3.05, 3.63) is 23.5 Å². The highest BCUT2D eigenvalue weighted by Crippen LogP contribution is 2.04. The van der Waals surface area contributed by atoms with E-state index >= 15 is 0 Å². The van der Waals surface area contributed by atoms with E-state index in [9.17, 15) is 0 Å². The van der Waals surface area contributed by atoms with Gasteiger partial charge in [0.2, 0.25) is 0 Å². The van der Waals surface area contributed by atoms with E-state index in [1.54, 1.807) is 11.7 Å². The fraction of sp³-hybridized carbons (Fsp3) is 0.286. The molecule has 1 aromatic rings. The Morgan fingerprint density at radius 3 is 3.09 bits per heavy atom. The first-order chi connectivity index (χ1) is 5.24. The highest BCUT2D eigenvalue weighted by Gasteiger charge is 1.96. The van der Waals surface area contributed by atoms with Crippen LogP contribution in [-0.4, -0.2) is 9.55 Å². The standard InChI is InChI=1S/C7H10ClN3/c1-6(4-8)5-11-3-2-10-7(11)9/h2-4H,5H2,1H3,(H2,9,10)/b6-4+. The van der Waals surface area contributed by atoms with Crippen LogP contribution in [0.25, 0.3) is 0 Å². The molecule has 0 saturated heterocycles. The average Bonchev–Trinajstić information content (AvgIpc) is 2.37. The van der Waals surface area contributed by atoms with Crippen molar-refractivity contribution >= 4 is 17.5 Å². The minimum absolute atomic E-state index is 0.517. The molecule has 1 heterocycles. The summed E-state index contributed by atoms with van der Waals surface area (Å²) in [5.41, 5.74) is 8.12. The summed E-state index contributed by atoms with van der Waals surface area (Å²) in [6.45, 7) is 2.64. The summed E-state index contributed by atoms with van der Waals surface area (Å²) in [5, 5.41) is 0. The van der Waals surface area contributed by atoms with Gasteiger partial charge in [0, 0.05) is 24.5 Å². The molecule has 0 unspecified atom stereocenters. The minimum atomic E-state index is 0.517. The van der Waals surface area contributed by atoms with E-state index in [1.165, 1.54) is 0 Å². The number of rotatable bonds is 2. The molecule has 1 rings (SSSR count). The summed E-state index contributed by atoms with van der Waals surface area (Å²) in [4.78, 5) is 3.87. The molecule has 0 spiro atoms. The number of anilines is 1. The molecule has 0 aliphatic carbocycles. The van der Waals surface area contributed by atoms with Crippen LogP contribution in [0.4, 0.5) is 5.95 Å². The van der Waals surface area contributed by atoms with Crippen molar-refractivity contribution in [3.8, 4) is 0 Å². The molecule has 0 bridgehead atoms. The van der Waals surface area contributed by atoms with E-state index < -0.39 is 0 Å². The molecule has 1 aromatic heterocycles. The third-order valence-electron chi connectivity index (χ3n) is 1.35. The number of hydrogen-bond donors (Lipinski definition) is 1. The average molecular weight is 172 g/mol. The topological polar surface area (TPSA) is 43.8 Å². The van der Waals surface area contributed by atoms with Gasteiger partial charge in [0.1, 0.15) is 0 Å². The zero-order valence-electron chi connectivity index (χ0n) is 6.29. The molecular weight excluding hydrogens is 162 g/mol. The van der Waals surface area contributed by atoms with Gasteiger partial charge >= 0.3 is 0 Å². The molecule has 0 saturated carbocycles. The van der Waals surface area contributed by atoms with E-state index in [0.717, 1.165) is 5.57 Å². The largest absolute Gasteiger partial charge is 0.369 e. The molecule has 11 heavy (non-hydrogen) atoms. The van der Waals surface area contributed by atoms with Gasteiger partial charge in [-0.3, -0.25) is 0 Å². The third kappa shape index (κ3) is 1.98. The first-order valence-corrected chi connectivity index (χ1v) is 3.70. The Bertz CT molecular complexity index is 264. The first kappa shape index (κ1) is 8.14. The molecule has 0 aliphatic rings. The maximum absolute atomic E-state index is 5.53. The van der Waals surface area contributed by atoms with E-state index in [4.69, 9.17) is 17.3 Å². The van der Waals surface area contributed by atoms with Crippen molar-refractivity contribution in [2.75, 3.05) is 5.73 Å². The second-order valence-electron chi connectivity index (χ2n) is 2.37. The van der Waals surface area contributed by atoms with E-state index in [-0.39, 0.29) is 0 Å². The molecule has 60 valence electrons. The van der Waals surface area contributed by atoms with Crippen LogP contribution in [0, 0.1) is 0 Å². The van der Waals surface area contributed by atoms with Crippen molar-refractivity contribution in [2.45, 2.75) is 13.5 Å². The number of aromatic nitrogens is 2. The quantitative estimate of drug-likeness (QED) is 0.735. The maximum atomic E-state index is 5.53. The summed E-state index contributed by atoms with van der Waals surface area (Å²) in [6, 6.07) is 0. The lowest BCUT2D eigenvalue weighted by atomic mass is 10.3. The number of nitrogens with two attached hydrogens (primary N) is 1. The minimum Gasteiger partial charge on any atom is -0.369 e. The Morgan fingerprint density at radius 2 is 2.64 bits per heavy atom. The highest BCUT2D eigenvalue weighted by atomic mass is 35.5. The van der Waals surface area contributed by atoms with Gasteiger partial charge in [-0.1, -0.05) is 11.6 Å². The van der Waals surface area contributed by atoms with Crippen LogP contribution < -0.4 is 5.73 Å². The van der Waals surface area contributed by atoms with E-state index in [0.29, 0.717) is 12.5 Å². The third-order valence-corrected chi connectivity index (χ3v) is 1.73. The SMILES string of the molecule is C/C(=C\Cl)Cn1ccnc1N. The molecule has 2 N–H and O–H groups in total. The monoisotopic (exact) mass is 171 g/mol. The Labute approximate surface area is 70.5 Å². The summed E-state index contributed by atoms with van der Waals surface area (Å²) >= 11 is 5.48. The van der Waals surface area contributed by atoms with Crippen LogP contribution in [-0.2, 0) is 6.54 Å². The van der Waals surface area contributed by atoms with Crippen molar-refractivity contribution in [1.29, 1.82) is 0 Å². The Morgan fingerprint density at radius 1 is 1.91 bits per heavy atom. The molecule has 4 heteroatoms. The lowest BCUT2D eigenvalue weighted by molar-refractivity contribution is 0.797. The molecule has 0 amide bonds. The second kappa shape index (κ2) is 3.44. The number of nitrogen functional groups attached to an aromatic ring is 1. The van der Waals surface area contributed by atoms with E-state index in [2.05, 4.69) is 4.98 Å². The molecular formula is C7H10ClN3. The molecule has 0 radical (unpaired) electrons. The molecule has 0 fully saturated rings. The first-order valence-electron chi connectivity index (χ1n) is 3.26. The van der Waals surface area contributed by atoms with Gasteiger partial charge in [0.15, 0.2) is 5.95 Å². The fourth-order valence-electron chi connectivity index (χ4n) is 0.778. The van der Waals surface area contributed by atoms with Crippen LogP contribution in [0.5, 0.6) is 0 Å². The molecule has 0 aromatic carbocycles. The Kier molecular flexibility index (Phi) is 2.54. The van der Waals surface area contributed by atoms with Gasteiger partial charge < -0.3 is 10.3 Å². The summed E-state index contributed by atoms with van der Waals surface area (Å²) in [6.07, 6.45) is 3.48. The lowest BCUT2D eigenvalue weighted by Gasteiger charge is -2.02. The van der Waals surface area contributed by atoms with Crippen molar-refractivity contribution in [1.82, 2.24) is 9.55 Å².